The van der Waals surface area contributed by atoms with Crippen molar-refractivity contribution in [1.29, 1.82) is 0 Å². The Morgan fingerprint density at radius 3 is 1.42 bits per heavy atom. The highest BCUT2D eigenvalue weighted by atomic mass is 15.4. The molecule has 0 bridgehead atoms. The Labute approximate surface area is 158 Å². The van der Waals surface area contributed by atoms with Gasteiger partial charge >= 0.3 is 0 Å². The van der Waals surface area contributed by atoms with Gasteiger partial charge in [-0.1, -0.05) is 12.1 Å². The third-order valence-corrected chi connectivity index (χ3v) is 5.02. The predicted octanol–water partition coefficient (Wildman–Crippen LogP) is 3.31. The van der Waals surface area contributed by atoms with Crippen LogP contribution in [0.3, 0.4) is 0 Å². The molecule has 0 N–H and O–H groups in total. The van der Waals surface area contributed by atoms with Gasteiger partial charge in [0.15, 0.2) is 6.17 Å². The quantitative estimate of drug-likeness (QED) is 0.837. The summed E-state index contributed by atoms with van der Waals surface area (Å²) in [6, 6.07) is 13.1. The van der Waals surface area contributed by atoms with Crippen LogP contribution in [0.4, 0.5) is 28.4 Å². The Balaban J connectivity index is 2.24. The average Bonchev–Trinajstić information content (AvgIpc) is 2.85. The molecule has 0 saturated carbocycles. The van der Waals surface area contributed by atoms with Crippen LogP contribution in [-0.4, -0.2) is 56.4 Å². The van der Waals surface area contributed by atoms with Crippen molar-refractivity contribution in [2.24, 2.45) is 0 Å². The topological polar surface area (TPSA) is 16.2 Å². The van der Waals surface area contributed by atoms with Crippen LogP contribution >= 0.6 is 0 Å². The molecular formula is C21H30N5. The minimum absolute atomic E-state index is 1.20. The van der Waals surface area contributed by atoms with Crippen molar-refractivity contribution in [3.05, 3.63) is 48.1 Å². The second kappa shape index (κ2) is 6.63. The molecule has 0 unspecified atom stereocenters. The van der Waals surface area contributed by atoms with Crippen molar-refractivity contribution in [3.63, 3.8) is 0 Å². The lowest BCUT2D eigenvalue weighted by atomic mass is 10.0. The van der Waals surface area contributed by atoms with Crippen LogP contribution in [-0.2, 0) is 0 Å². The van der Waals surface area contributed by atoms with Gasteiger partial charge in [0.05, 0.1) is 11.4 Å². The maximum Gasteiger partial charge on any atom is 0.191 e. The van der Waals surface area contributed by atoms with E-state index < -0.39 is 0 Å². The van der Waals surface area contributed by atoms with Crippen LogP contribution in [0.5, 0.6) is 0 Å². The van der Waals surface area contributed by atoms with Crippen molar-refractivity contribution in [1.82, 2.24) is 0 Å². The summed E-state index contributed by atoms with van der Waals surface area (Å²) in [5.74, 6) is 0. The zero-order valence-electron chi connectivity index (χ0n) is 17.2. The zero-order valence-corrected chi connectivity index (χ0v) is 17.2. The molecule has 0 saturated heterocycles. The second-order valence-electron chi connectivity index (χ2n) is 7.47. The van der Waals surface area contributed by atoms with Gasteiger partial charge in [-0.05, 0) is 24.3 Å². The number of hydrogen-bond donors (Lipinski definition) is 0. The third kappa shape index (κ3) is 2.81. The lowest BCUT2D eigenvalue weighted by Crippen LogP contribution is -2.34. The van der Waals surface area contributed by atoms with Gasteiger partial charge in [-0.15, -0.1) is 0 Å². The predicted molar refractivity (Wildman–Crippen MR) is 115 cm³/mol. The first-order valence-corrected chi connectivity index (χ1v) is 8.88. The van der Waals surface area contributed by atoms with E-state index in [-0.39, 0.29) is 0 Å². The van der Waals surface area contributed by atoms with Crippen molar-refractivity contribution < 1.29 is 0 Å². The van der Waals surface area contributed by atoms with E-state index in [0.29, 0.717) is 0 Å². The van der Waals surface area contributed by atoms with Gasteiger partial charge in [0.1, 0.15) is 0 Å². The largest absolute Gasteiger partial charge is 0.378 e. The standard InChI is InChI=1S/C21H30N5/c1-22(2)15-13-18(23(3)4)20(19(14-15)24(5)6)21-25(7)16-11-9-10-12-17(16)26(21)8/h9-14H,1-8H3. The number of hydrogen-bond acceptors (Lipinski definition) is 5. The molecule has 139 valence electrons. The number of rotatable bonds is 4. The molecule has 2 aromatic rings. The minimum atomic E-state index is 1.20. The lowest BCUT2D eigenvalue weighted by Gasteiger charge is -2.34. The monoisotopic (exact) mass is 352 g/mol. The molecule has 3 rings (SSSR count). The van der Waals surface area contributed by atoms with Gasteiger partial charge in [-0.2, -0.15) is 0 Å². The molecular weight excluding hydrogens is 322 g/mol. The van der Waals surface area contributed by atoms with Crippen LogP contribution in [0.15, 0.2) is 36.4 Å². The summed E-state index contributed by atoms with van der Waals surface area (Å²) >= 11 is 0. The molecule has 0 aliphatic carbocycles. The van der Waals surface area contributed by atoms with Gasteiger partial charge in [-0.3, -0.25) is 0 Å². The molecule has 1 aliphatic heterocycles. The van der Waals surface area contributed by atoms with Crippen molar-refractivity contribution >= 4 is 28.4 Å². The normalized spacial score (nSPS) is 13.8. The van der Waals surface area contributed by atoms with E-state index in [4.69, 9.17) is 0 Å². The summed E-state index contributed by atoms with van der Waals surface area (Å²) in [6.07, 6.45) is 1.20. The first-order valence-electron chi connectivity index (χ1n) is 8.88. The van der Waals surface area contributed by atoms with Crippen molar-refractivity contribution in [2.45, 2.75) is 0 Å². The van der Waals surface area contributed by atoms with E-state index in [1.54, 1.807) is 0 Å². The maximum absolute atomic E-state index is 2.29. The van der Waals surface area contributed by atoms with E-state index in [0.717, 1.165) is 0 Å². The lowest BCUT2D eigenvalue weighted by molar-refractivity contribution is 0.895. The number of benzene rings is 2. The number of anilines is 5. The summed E-state index contributed by atoms with van der Waals surface area (Å²) in [5, 5.41) is 0. The van der Waals surface area contributed by atoms with E-state index in [2.05, 4.69) is 117 Å². The Morgan fingerprint density at radius 1 is 0.654 bits per heavy atom. The van der Waals surface area contributed by atoms with E-state index >= 15 is 0 Å². The maximum atomic E-state index is 2.29. The molecule has 0 aromatic heterocycles. The van der Waals surface area contributed by atoms with Crippen molar-refractivity contribution in [3.8, 4) is 0 Å². The molecule has 1 heterocycles. The zero-order chi connectivity index (χ0) is 19.2. The first kappa shape index (κ1) is 18.2. The highest BCUT2D eigenvalue weighted by Gasteiger charge is 2.37. The highest BCUT2D eigenvalue weighted by Crippen LogP contribution is 2.48. The van der Waals surface area contributed by atoms with E-state index in [9.17, 15) is 0 Å². The van der Waals surface area contributed by atoms with E-state index in [1.807, 2.05) is 0 Å². The fourth-order valence-corrected chi connectivity index (χ4v) is 3.61. The molecule has 0 spiro atoms. The number of nitrogens with zero attached hydrogens (tertiary/aromatic N) is 5. The van der Waals surface area contributed by atoms with Crippen LogP contribution < -0.4 is 24.5 Å². The molecule has 0 fully saturated rings. The van der Waals surface area contributed by atoms with Gasteiger partial charge < -0.3 is 24.5 Å². The van der Waals surface area contributed by atoms with Gasteiger partial charge in [0.2, 0.25) is 0 Å². The van der Waals surface area contributed by atoms with Gasteiger partial charge in [0.25, 0.3) is 0 Å². The Hall–Kier alpha value is -2.56. The van der Waals surface area contributed by atoms with Crippen molar-refractivity contribution in [2.75, 3.05) is 80.9 Å². The summed E-state index contributed by atoms with van der Waals surface area (Å²) < 4.78 is 0. The molecule has 5 heteroatoms. The molecule has 0 atom stereocenters. The van der Waals surface area contributed by atoms with Crippen LogP contribution in [0.1, 0.15) is 5.56 Å². The Kier molecular flexibility index (Phi) is 4.65. The minimum Gasteiger partial charge on any atom is -0.378 e. The average molecular weight is 353 g/mol. The number of fused-ring (bicyclic) bond motifs is 1. The molecule has 1 aliphatic rings. The van der Waals surface area contributed by atoms with Crippen LogP contribution in [0.25, 0.3) is 0 Å². The summed E-state index contributed by atoms with van der Waals surface area (Å²) in [4.78, 5) is 11.1. The Bertz CT molecular complexity index is 739. The van der Waals surface area contributed by atoms with Crippen LogP contribution in [0, 0.1) is 6.17 Å². The SMILES string of the molecule is CN(C)c1cc(N(C)C)c([C]2N(C)c3ccccc3N2C)c(N(C)C)c1. The summed E-state index contributed by atoms with van der Waals surface area (Å²) in [5.41, 5.74) is 7.32. The second-order valence-corrected chi connectivity index (χ2v) is 7.47. The molecule has 2 aromatic carbocycles. The fourth-order valence-electron chi connectivity index (χ4n) is 3.61. The van der Waals surface area contributed by atoms with Gasteiger partial charge in [-0.25, -0.2) is 0 Å². The third-order valence-electron chi connectivity index (χ3n) is 5.02. The highest BCUT2D eigenvalue weighted by molar-refractivity contribution is 5.88. The molecule has 5 nitrogen and oxygen atoms in total. The van der Waals surface area contributed by atoms with Gasteiger partial charge in [0, 0.05) is 79.0 Å². The fraction of sp³-hybridized carbons (Fsp3) is 0.381. The summed E-state index contributed by atoms with van der Waals surface area (Å²) in [6.45, 7) is 0. The Morgan fingerprint density at radius 2 is 1.08 bits per heavy atom. The van der Waals surface area contributed by atoms with Crippen LogP contribution in [0.2, 0.25) is 0 Å². The first-order chi connectivity index (χ1) is 12.2. The summed E-state index contributed by atoms with van der Waals surface area (Å²) in [7, 11) is 16.9. The van der Waals surface area contributed by atoms with E-state index in [1.165, 1.54) is 40.2 Å². The number of para-hydroxylation sites is 2. The smallest absolute Gasteiger partial charge is 0.191 e. The molecule has 0 amide bonds. The molecule has 26 heavy (non-hydrogen) atoms. The molecule has 1 radical (unpaired) electrons.